The van der Waals surface area contributed by atoms with Gasteiger partial charge in [-0.2, -0.15) is 0 Å². The van der Waals surface area contributed by atoms with Crippen molar-refractivity contribution >= 4 is 17.0 Å². The summed E-state index contributed by atoms with van der Waals surface area (Å²) in [5.74, 6) is 0.418. The highest BCUT2D eigenvalue weighted by molar-refractivity contribution is 5.77. The number of hydrogen-bond donors (Lipinski definition) is 3. The summed E-state index contributed by atoms with van der Waals surface area (Å²) >= 11 is 0. The Hall–Kier alpha value is -2.41. The number of para-hydroxylation sites is 1. The second kappa shape index (κ2) is 10.9. The molecule has 0 bridgehead atoms. The average Bonchev–Trinajstić information content (AvgIpc) is 2.80. The average molecular weight is 467 g/mol. The van der Waals surface area contributed by atoms with Crippen LogP contribution in [0, 0.1) is 11.3 Å². The molecule has 4 unspecified atom stereocenters. The maximum atomic E-state index is 12.9. The molecule has 3 heterocycles. The second-order valence-corrected chi connectivity index (χ2v) is 10.7. The molecule has 186 valence electrons. The van der Waals surface area contributed by atoms with Crippen molar-refractivity contribution in [1.29, 1.82) is 5.41 Å². The number of aromatic amines is 1. The van der Waals surface area contributed by atoms with E-state index in [2.05, 4.69) is 42.8 Å². The Morgan fingerprint density at radius 1 is 1.24 bits per heavy atom. The van der Waals surface area contributed by atoms with E-state index in [0.717, 1.165) is 56.2 Å². The summed E-state index contributed by atoms with van der Waals surface area (Å²) in [4.78, 5) is 25.5. The first kappa shape index (κ1) is 24.7. The third kappa shape index (κ3) is 5.62. The highest BCUT2D eigenvalue weighted by atomic mass is 16.1. The monoisotopic (exact) mass is 466 g/mol. The highest BCUT2D eigenvalue weighted by Gasteiger charge is 2.28. The molecule has 4 atom stereocenters. The molecule has 2 aliphatic heterocycles. The van der Waals surface area contributed by atoms with E-state index in [0.29, 0.717) is 36.2 Å². The number of nitrogens with one attached hydrogen (secondary N) is 2. The molecule has 34 heavy (non-hydrogen) atoms. The fourth-order valence-electron chi connectivity index (χ4n) is 6.32. The largest absolute Gasteiger partial charge is 0.370 e. The van der Waals surface area contributed by atoms with Gasteiger partial charge in [-0.25, -0.2) is 4.98 Å². The zero-order valence-electron chi connectivity index (χ0n) is 21.1. The van der Waals surface area contributed by atoms with Gasteiger partial charge < -0.3 is 15.6 Å². The van der Waals surface area contributed by atoms with Crippen LogP contribution >= 0.6 is 0 Å². The zero-order chi connectivity index (χ0) is 24.2. The molecule has 0 amide bonds. The SMILES string of the molecule is CC(CCCc1cccc2nc(CC3CCCN(C(=N)N)C3)c(=O)[nH]c12)N1C(C)CCCC1C. The first-order chi connectivity index (χ1) is 16.3. The lowest BCUT2D eigenvalue weighted by atomic mass is 9.93. The molecule has 0 spiro atoms. The second-order valence-electron chi connectivity index (χ2n) is 10.7. The highest BCUT2D eigenvalue weighted by Crippen LogP contribution is 2.27. The molecule has 0 radical (unpaired) electrons. The van der Waals surface area contributed by atoms with Gasteiger partial charge in [-0.05, 0) is 89.7 Å². The van der Waals surface area contributed by atoms with Crippen molar-refractivity contribution in [2.75, 3.05) is 13.1 Å². The third-order valence-electron chi connectivity index (χ3n) is 8.07. The van der Waals surface area contributed by atoms with Gasteiger partial charge in [0.1, 0.15) is 5.69 Å². The van der Waals surface area contributed by atoms with Gasteiger partial charge in [0.15, 0.2) is 5.96 Å². The van der Waals surface area contributed by atoms with E-state index in [4.69, 9.17) is 16.1 Å². The van der Waals surface area contributed by atoms with Crippen molar-refractivity contribution in [2.24, 2.45) is 11.7 Å². The Labute approximate surface area is 203 Å². The lowest BCUT2D eigenvalue weighted by Gasteiger charge is -2.43. The number of fused-ring (bicyclic) bond motifs is 1. The van der Waals surface area contributed by atoms with Gasteiger partial charge in [-0.3, -0.25) is 15.1 Å². The number of nitrogens with two attached hydrogens (primary N) is 1. The Bertz CT molecular complexity index is 1040. The van der Waals surface area contributed by atoms with Crippen LogP contribution in [0.5, 0.6) is 0 Å². The Morgan fingerprint density at radius 3 is 2.74 bits per heavy atom. The van der Waals surface area contributed by atoms with Crippen molar-refractivity contribution in [1.82, 2.24) is 19.8 Å². The molecule has 2 aliphatic rings. The Morgan fingerprint density at radius 2 is 2.00 bits per heavy atom. The van der Waals surface area contributed by atoms with Crippen LogP contribution in [0.25, 0.3) is 11.0 Å². The normalized spacial score (nSPS) is 24.9. The van der Waals surface area contributed by atoms with Crippen molar-refractivity contribution in [2.45, 2.75) is 96.7 Å². The van der Waals surface area contributed by atoms with E-state index in [1.54, 1.807) is 0 Å². The number of aromatic nitrogens is 2. The molecular formula is C27H42N6O. The zero-order valence-corrected chi connectivity index (χ0v) is 21.1. The van der Waals surface area contributed by atoms with Crippen LogP contribution in [0.4, 0.5) is 0 Å². The maximum Gasteiger partial charge on any atom is 0.270 e. The standard InChI is InChI=1S/C27H42N6O/c1-18-8-4-9-19(2)33(18)20(3)10-5-12-22-13-6-14-23-25(22)31-26(34)24(30-23)16-21-11-7-15-32(17-21)27(28)29/h6,13-14,18-21H,4-5,7-12,15-17H2,1-3H3,(H3,28,29)(H,31,34). The summed E-state index contributed by atoms with van der Waals surface area (Å²) in [6.07, 6.45) is 9.83. The van der Waals surface area contributed by atoms with Crippen LogP contribution in [0.2, 0.25) is 0 Å². The van der Waals surface area contributed by atoms with Gasteiger partial charge >= 0.3 is 0 Å². The van der Waals surface area contributed by atoms with Crippen LogP contribution < -0.4 is 11.3 Å². The van der Waals surface area contributed by atoms with E-state index in [9.17, 15) is 4.79 Å². The minimum atomic E-state index is -0.0794. The summed E-state index contributed by atoms with van der Waals surface area (Å²) in [5.41, 5.74) is 9.14. The molecule has 7 nitrogen and oxygen atoms in total. The van der Waals surface area contributed by atoms with Crippen LogP contribution in [0.1, 0.15) is 77.0 Å². The molecular weight excluding hydrogens is 424 g/mol. The number of hydrogen-bond acceptors (Lipinski definition) is 4. The van der Waals surface area contributed by atoms with Gasteiger partial charge in [0.2, 0.25) is 0 Å². The van der Waals surface area contributed by atoms with Gasteiger partial charge in [0, 0.05) is 31.2 Å². The number of rotatable bonds is 7. The molecule has 2 saturated heterocycles. The van der Waals surface area contributed by atoms with E-state index in [1.807, 2.05) is 11.0 Å². The number of likely N-dealkylation sites (tertiary alicyclic amines) is 2. The minimum absolute atomic E-state index is 0.0794. The van der Waals surface area contributed by atoms with Crippen molar-refractivity contribution in [3.05, 3.63) is 39.8 Å². The molecule has 0 saturated carbocycles. The van der Waals surface area contributed by atoms with Gasteiger partial charge in [-0.1, -0.05) is 18.6 Å². The molecule has 0 aliphatic carbocycles. The quantitative estimate of drug-likeness (QED) is 0.422. The summed E-state index contributed by atoms with van der Waals surface area (Å²) in [7, 11) is 0. The van der Waals surface area contributed by atoms with Crippen LogP contribution in [-0.2, 0) is 12.8 Å². The number of H-pyrrole nitrogens is 1. The lowest BCUT2D eigenvalue weighted by Crippen LogP contribution is -2.48. The molecule has 4 rings (SSSR count). The molecule has 1 aromatic carbocycles. The topological polar surface area (TPSA) is 102 Å². The van der Waals surface area contributed by atoms with Gasteiger partial charge in [0.25, 0.3) is 5.56 Å². The van der Waals surface area contributed by atoms with E-state index < -0.39 is 0 Å². The van der Waals surface area contributed by atoms with Crippen molar-refractivity contribution in [3.63, 3.8) is 0 Å². The summed E-state index contributed by atoms with van der Waals surface area (Å²) in [5, 5.41) is 7.71. The Balaban J connectivity index is 1.42. The van der Waals surface area contributed by atoms with E-state index in [1.165, 1.54) is 24.8 Å². The molecule has 2 fully saturated rings. The summed E-state index contributed by atoms with van der Waals surface area (Å²) in [6, 6.07) is 8.10. The van der Waals surface area contributed by atoms with Crippen LogP contribution in [0.15, 0.2) is 23.0 Å². The van der Waals surface area contributed by atoms with Crippen LogP contribution in [0.3, 0.4) is 0 Å². The maximum absolute atomic E-state index is 12.9. The fraction of sp³-hybridized carbons (Fsp3) is 0.667. The van der Waals surface area contributed by atoms with E-state index >= 15 is 0 Å². The van der Waals surface area contributed by atoms with Crippen molar-refractivity contribution in [3.8, 4) is 0 Å². The summed E-state index contributed by atoms with van der Waals surface area (Å²) in [6.45, 7) is 8.66. The van der Waals surface area contributed by atoms with Gasteiger partial charge in [0.05, 0.1) is 11.0 Å². The molecule has 2 aromatic rings. The Kier molecular flexibility index (Phi) is 7.91. The third-order valence-corrected chi connectivity index (χ3v) is 8.07. The lowest BCUT2D eigenvalue weighted by molar-refractivity contribution is 0.0580. The first-order valence-electron chi connectivity index (χ1n) is 13.2. The number of aryl methyl sites for hydroxylation is 1. The summed E-state index contributed by atoms with van der Waals surface area (Å²) < 4.78 is 0. The smallest absolute Gasteiger partial charge is 0.270 e. The van der Waals surface area contributed by atoms with E-state index in [-0.39, 0.29) is 11.5 Å². The van der Waals surface area contributed by atoms with Crippen LogP contribution in [-0.4, -0.2) is 56.9 Å². The molecule has 1 aromatic heterocycles. The number of benzene rings is 1. The molecule has 7 heteroatoms. The molecule has 4 N–H and O–H groups in total. The predicted molar refractivity (Wildman–Crippen MR) is 139 cm³/mol. The fourth-order valence-corrected chi connectivity index (χ4v) is 6.32. The number of nitrogens with zero attached hydrogens (tertiary/aromatic N) is 3. The number of piperidine rings is 2. The number of guanidine groups is 1. The predicted octanol–water partition coefficient (Wildman–Crippen LogP) is 4.05. The first-order valence-corrected chi connectivity index (χ1v) is 13.2. The van der Waals surface area contributed by atoms with Crippen molar-refractivity contribution < 1.29 is 0 Å². The van der Waals surface area contributed by atoms with Gasteiger partial charge in [-0.15, -0.1) is 0 Å². The minimum Gasteiger partial charge on any atom is -0.370 e.